The van der Waals surface area contributed by atoms with Gasteiger partial charge in [-0.25, -0.2) is 19.7 Å². The van der Waals surface area contributed by atoms with Gasteiger partial charge in [-0.2, -0.15) is 0 Å². The third-order valence-electron chi connectivity index (χ3n) is 4.22. The molecule has 0 saturated carbocycles. The summed E-state index contributed by atoms with van der Waals surface area (Å²) in [6.07, 6.45) is 5.30. The molecule has 1 N–H and O–H groups in total. The van der Waals surface area contributed by atoms with Crippen molar-refractivity contribution in [3.05, 3.63) is 48.1 Å². The molecule has 3 aromatic heterocycles. The van der Waals surface area contributed by atoms with E-state index in [9.17, 15) is 4.79 Å². The first-order valence-corrected chi connectivity index (χ1v) is 9.25. The number of hydrogen-bond acceptors (Lipinski definition) is 6. The maximum absolute atomic E-state index is 12.3. The minimum Gasteiger partial charge on any atom is -0.353 e. The van der Waals surface area contributed by atoms with E-state index in [1.807, 2.05) is 46.2 Å². The fourth-order valence-corrected chi connectivity index (χ4v) is 3.51. The number of hydrogen-bond donors (Lipinski definition) is 1. The Bertz CT molecular complexity index is 871. The van der Waals surface area contributed by atoms with Crippen LogP contribution in [0.15, 0.2) is 42.3 Å². The van der Waals surface area contributed by atoms with Crippen molar-refractivity contribution in [1.29, 1.82) is 0 Å². The summed E-state index contributed by atoms with van der Waals surface area (Å²) in [5, 5.41) is 5.75. The Morgan fingerprint density at radius 2 is 2.00 bits per heavy atom. The molecule has 0 aromatic carbocycles. The van der Waals surface area contributed by atoms with Crippen molar-refractivity contribution in [2.75, 3.05) is 36.4 Å². The van der Waals surface area contributed by atoms with Crippen LogP contribution in [0.3, 0.4) is 0 Å². The molecule has 26 heavy (non-hydrogen) atoms. The van der Waals surface area contributed by atoms with E-state index in [0.29, 0.717) is 18.9 Å². The minimum absolute atomic E-state index is 0.0509. The van der Waals surface area contributed by atoms with Crippen molar-refractivity contribution in [2.45, 2.75) is 6.92 Å². The summed E-state index contributed by atoms with van der Waals surface area (Å²) in [7, 11) is 0. The molecule has 0 unspecified atom stereocenters. The third kappa shape index (κ3) is 3.52. The number of aromatic nitrogens is 4. The molecular weight excluding hydrogens is 350 g/mol. The normalized spacial score (nSPS) is 14.5. The first kappa shape index (κ1) is 16.5. The molecule has 8 nitrogen and oxygen atoms in total. The Labute approximate surface area is 155 Å². The Morgan fingerprint density at radius 3 is 2.69 bits per heavy atom. The van der Waals surface area contributed by atoms with Crippen LogP contribution in [-0.4, -0.2) is 56.6 Å². The lowest BCUT2D eigenvalue weighted by molar-refractivity contribution is 0.208. The molecule has 0 radical (unpaired) electrons. The van der Waals surface area contributed by atoms with Gasteiger partial charge in [0.05, 0.1) is 5.00 Å². The molecule has 1 aliphatic heterocycles. The number of carbonyl (C=O) groups is 1. The van der Waals surface area contributed by atoms with Crippen molar-refractivity contribution in [1.82, 2.24) is 24.4 Å². The lowest BCUT2D eigenvalue weighted by Gasteiger charge is -2.35. The largest absolute Gasteiger partial charge is 0.353 e. The SMILES string of the molecule is Cc1nc(N2CCN(C(=O)Nc3cccs3)CC2)cc(-n2ccnc2)n1. The van der Waals surface area contributed by atoms with Gasteiger partial charge in [-0.15, -0.1) is 11.3 Å². The first-order chi connectivity index (χ1) is 12.7. The Hall–Kier alpha value is -2.94. The van der Waals surface area contributed by atoms with Gasteiger partial charge in [0.15, 0.2) is 0 Å². The van der Waals surface area contributed by atoms with Crippen LogP contribution in [0.4, 0.5) is 15.6 Å². The average molecular weight is 369 g/mol. The number of imidazole rings is 1. The van der Waals surface area contributed by atoms with Crippen molar-refractivity contribution in [3.63, 3.8) is 0 Å². The van der Waals surface area contributed by atoms with Crippen LogP contribution in [0.1, 0.15) is 5.82 Å². The van der Waals surface area contributed by atoms with Crippen LogP contribution in [0.5, 0.6) is 0 Å². The zero-order valence-electron chi connectivity index (χ0n) is 14.4. The van der Waals surface area contributed by atoms with Gasteiger partial charge in [0, 0.05) is 44.6 Å². The fourth-order valence-electron chi connectivity index (χ4n) is 2.90. The first-order valence-electron chi connectivity index (χ1n) is 8.37. The predicted octanol–water partition coefficient (Wildman–Crippen LogP) is 2.39. The molecule has 0 spiro atoms. The summed E-state index contributed by atoms with van der Waals surface area (Å²) in [5.74, 6) is 2.38. The standard InChI is InChI=1S/C17H19N7OS/c1-13-19-14(11-15(20-13)24-5-4-18-12-24)22-6-8-23(9-7-22)17(25)21-16-3-2-10-26-16/h2-5,10-12H,6-9H2,1H3,(H,21,25). The highest BCUT2D eigenvalue weighted by Gasteiger charge is 2.22. The Balaban J connectivity index is 1.42. The molecule has 0 aliphatic carbocycles. The van der Waals surface area contributed by atoms with Gasteiger partial charge in [0.1, 0.15) is 23.8 Å². The molecule has 4 heterocycles. The number of thiophene rings is 1. The van der Waals surface area contributed by atoms with Gasteiger partial charge in [0.25, 0.3) is 0 Å². The lowest BCUT2D eigenvalue weighted by Crippen LogP contribution is -2.50. The Morgan fingerprint density at radius 1 is 1.19 bits per heavy atom. The quantitative estimate of drug-likeness (QED) is 0.767. The Kier molecular flexibility index (Phi) is 4.53. The van der Waals surface area contributed by atoms with Crippen molar-refractivity contribution < 1.29 is 4.79 Å². The van der Waals surface area contributed by atoms with Crippen LogP contribution < -0.4 is 10.2 Å². The number of urea groups is 1. The second-order valence-electron chi connectivity index (χ2n) is 5.98. The van der Waals surface area contributed by atoms with Gasteiger partial charge in [-0.05, 0) is 24.4 Å². The smallest absolute Gasteiger partial charge is 0.322 e. The van der Waals surface area contributed by atoms with E-state index in [1.54, 1.807) is 12.5 Å². The molecule has 1 aliphatic rings. The maximum atomic E-state index is 12.3. The molecule has 1 fully saturated rings. The fraction of sp³-hybridized carbons (Fsp3) is 0.294. The predicted molar refractivity (Wildman–Crippen MR) is 101 cm³/mol. The monoisotopic (exact) mass is 369 g/mol. The zero-order chi connectivity index (χ0) is 17.9. The van der Waals surface area contributed by atoms with E-state index < -0.39 is 0 Å². The molecule has 0 bridgehead atoms. The van der Waals surface area contributed by atoms with E-state index in [4.69, 9.17) is 0 Å². The van der Waals surface area contributed by atoms with Gasteiger partial charge < -0.3 is 9.80 Å². The molecule has 2 amide bonds. The molecule has 9 heteroatoms. The van der Waals surface area contributed by atoms with E-state index in [-0.39, 0.29) is 6.03 Å². The number of nitrogens with zero attached hydrogens (tertiary/aromatic N) is 6. The number of piperazine rings is 1. The molecule has 1 saturated heterocycles. The summed E-state index contributed by atoms with van der Waals surface area (Å²) in [6, 6.07) is 5.73. The summed E-state index contributed by atoms with van der Waals surface area (Å²) < 4.78 is 1.86. The van der Waals surface area contributed by atoms with Crippen molar-refractivity contribution in [2.24, 2.45) is 0 Å². The number of aryl methyl sites for hydroxylation is 1. The van der Waals surface area contributed by atoms with Gasteiger partial charge in [-0.1, -0.05) is 0 Å². The van der Waals surface area contributed by atoms with E-state index in [0.717, 1.165) is 29.7 Å². The van der Waals surface area contributed by atoms with Gasteiger partial charge >= 0.3 is 6.03 Å². The van der Waals surface area contributed by atoms with Crippen LogP contribution >= 0.6 is 11.3 Å². The highest BCUT2D eigenvalue weighted by Crippen LogP contribution is 2.19. The van der Waals surface area contributed by atoms with Crippen LogP contribution in [0.25, 0.3) is 5.82 Å². The summed E-state index contributed by atoms with van der Waals surface area (Å²) in [4.78, 5) is 29.5. The molecule has 0 atom stereocenters. The average Bonchev–Trinajstić information content (AvgIpc) is 3.35. The van der Waals surface area contributed by atoms with Crippen molar-refractivity contribution in [3.8, 4) is 5.82 Å². The second kappa shape index (κ2) is 7.12. The number of rotatable bonds is 3. The second-order valence-corrected chi connectivity index (χ2v) is 6.93. The molecule has 3 aromatic rings. The van der Waals surface area contributed by atoms with Crippen LogP contribution in [0.2, 0.25) is 0 Å². The number of amides is 2. The van der Waals surface area contributed by atoms with Gasteiger partial charge in [-0.3, -0.25) is 9.88 Å². The number of carbonyl (C=O) groups excluding carboxylic acids is 1. The maximum Gasteiger partial charge on any atom is 0.322 e. The third-order valence-corrected chi connectivity index (χ3v) is 5.01. The van der Waals surface area contributed by atoms with Crippen LogP contribution in [0, 0.1) is 6.92 Å². The molecule has 134 valence electrons. The summed E-state index contributed by atoms with van der Waals surface area (Å²) >= 11 is 1.52. The highest BCUT2D eigenvalue weighted by molar-refractivity contribution is 7.14. The molecular formula is C17H19N7OS. The number of nitrogens with one attached hydrogen (secondary N) is 1. The topological polar surface area (TPSA) is 79.2 Å². The highest BCUT2D eigenvalue weighted by atomic mass is 32.1. The van der Waals surface area contributed by atoms with Gasteiger partial charge in [0.2, 0.25) is 0 Å². The summed E-state index contributed by atoms with van der Waals surface area (Å²) in [6.45, 7) is 4.66. The molecule has 4 rings (SSSR count). The van der Waals surface area contributed by atoms with Crippen molar-refractivity contribution >= 4 is 28.2 Å². The number of anilines is 2. The summed E-state index contributed by atoms with van der Waals surface area (Å²) in [5.41, 5.74) is 0. The van der Waals surface area contributed by atoms with Crippen LogP contribution in [-0.2, 0) is 0 Å². The van der Waals surface area contributed by atoms with E-state index in [1.165, 1.54) is 11.3 Å². The van der Waals surface area contributed by atoms with E-state index in [2.05, 4.69) is 25.2 Å². The minimum atomic E-state index is -0.0509. The zero-order valence-corrected chi connectivity index (χ0v) is 15.2. The van der Waals surface area contributed by atoms with E-state index >= 15 is 0 Å². The lowest BCUT2D eigenvalue weighted by atomic mass is 10.3.